The molecule has 1 aliphatic rings. The quantitative estimate of drug-likeness (QED) is 0.320. The van der Waals surface area contributed by atoms with Gasteiger partial charge in [0.2, 0.25) is 11.8 Å². The number of benzene rings is 3. The van der Waals surface area contributed by atoms with Crippen LogP contribution >= 0.6 is 23.2 Å². The minimum atomic E-state index is -0.481. The number of nitrogens with one attached hydrogen (secondary N) is 2. The summed E-state index contributed by atoms with van der Waals surface area (Å²) in [4.78, 5) is 27.1. The zero-order chi connectivity index (χ0) is 26.5. The fourth-order valence-corrected chi connectivity index (χ4v) is 4.43. The van der Waals surface area contributed by atoms with Gasteiger partial charge in [0.25, 0.3) is 0 Å². The third-order valence-electron chi connectivity index (χ3n) is 6.23. The van der Waals surface area contributed by atoms with Crippen molar-refractivity contribution in [2.75, 3.05) is 23.5 Å². The van der Waals surface area contributed by atoms with Crippen LogP contribution in [0.5, 0.6) is 11.5 Å². The van der Waals surface area contributed by atoms with Crippen LogP contribution in [0, 0.1) is 19.8 Å². The molecule has 37 heavy (non-hydrogen) atoms. The third-order valence-corrected chi connectivity index (χ3v) is 6.77. The van der Waals surface area contributed by atoms with Gasteiger partial charge in [0, 0.05) is 29.7 Å². The standard InChI is InChI=1S/C28H29Cl2N3O4/c1-4-36-25-14-22(13-24(30)27(25)37-16-19-6-8-21(29)9-7-19)31-32-28(35)20-12-26(34)33(15-20)23-10-5-17(2)18(3)11-23/h5-11,13-14,20,31H,4,12,15-16H2,1-3H3,(H,32,35)/t20-/m0/s1. The number of nitrogens with zero attached hydrogens (tertiary/aromatic N) is 1. The van der Waals surface area contributed by atoms with Crippen LogP contribution in [0.15, 0.2) is 54.6 Å². The molecule has 0 unspecified atom stereocenters. The van der Waals surface area contributed by atoms with Gasteiger partial charge in [-0.3, -0.25) is 20.4 Å². The van der Waals surface area contributed by atoms with Gasteiger partial charge in [-0.15, -0.1) is 0 Å². The Morgan fingerprint density at radius 3 is 2.49 bits per heavy atom. The number of carbonyl (C=O) groups is 2. The summed E-state index contributed by atoms with van der Waals surface area (Å²) < 4.78 is 11.7. The monoisotopic (exact) mass is 541 g/mol. The number of hydrogen-bond donors (Lipinski definition) is 2. The van der Waals surface area contributed by atoms with E-state index in [0.29, 0.717) is 40.4 Å². The van der Waals surface area contributed by atoms with Crippen LogP contribution in [0.25, 0.3) is 0 Å². The molecule has 0 aromatic heterocycles. The molecule has 0 aliphatic carbocycles. The van der Waals surface area contributed by atoms with Crippen LogP contribution in [0.1, 0.15) is 30.0 Å². The Labute approximate surface area is 226 Å². The first kappa shape index (κ1) is 26.6. The van der Waals surface area contributed by atoms with Crippen LogP contribution in [-0.4, -0.2) is 25.0 Å². The number of ether oxygens (including phenoxy) is 2. The topological polar surface area (TPSA) is 79.9 Å². The number of aryl methyl sites for hydroxylation is 2. The van der Waals surface area contributed by atoms with Crippen molar-refractivity contribution in [2.24, 2.45) is 5.92 Å². The lowest BCUT2D eigenvalue weighted by Crippen LogP contribution is -2.36. The largest absolute Gasteiger partial charge is 0.490 e. The molecule has 1 fully saturated rings. The van der Waals surface area contributed by atoms with Gasteiger partial charge in [-0.25, -0.2) is 0 Å². The summed E-state index contributed by atoms with van der Waals surface area (Å²) in [7, 11) is 0. The Morgan fingerprint density at radius 2 is 1.78 bits per heavy atom. The first-order valence-electron chi connectivity index (χ1n) is 12.0. The van der Waals surface area contributed by atoms with Gasteiger partial charge in [-0.1, -0.05) is 41.4 Å². The molecular formula is C28H29Cl2N3O4. The van der Waals surface area contributed by atoms with Crippen LogP contribution in [0.2, 0.25) is 10.0 Å². The molecule has 0 radical (unpaired) electrons. The van der Waals surface area contributed by atoms with Gasteiger partial charge in [0.05, 0.1) is 23.2 Å². The van der Waals surface area contributed by atoms with E-state index in [9.17, 15) is 9.59 Å². The van der Waals surface area contributed by atoms with E-state index < -0.39 is 5.92 Å². The molecule has 7 nitrogen and oxygen atoms in total. The number of hydrazine groups is 1. The van der Waals surface area contributed by atoms with Gasteiger partial charge in [0.1, 0.15) is 6.61 Å². The fourth-order valence-electron chi connectivity index (χ4n) is 4.04. The van der Waals surface area contributed by atoms with Gasteiger partial charge >= 0.3 is 0 Å². The lowest BCUT2D eigenvalue weighted by atomic mass is 10.1. The number of halogens is 2. The molecule has 0 bridgehead atoms. The molecule has 4 rings (SSSR count). The van der Waals surface area contributed by atoms with Crippen molar-refractivity contribution in [1.29, 1.82) is 0 Å². The highest BCUT2D eigenvalue weighted by Gasteiger charge is 2.35. The highest BCUT2D eigenvalue weighted by Crippen LogP contribution is 2.39. The molecule has 3 aromatic carbocycles. The summed E-state index contributed by atoms with van der Waals surface area (Å²) >= 11 is 12.5. The molecule has 1 aliphatic heterocycles. The smallest absolute Gasteiger partial charge is 0.243 e. The van der Waals surface area contributed by atoms with Crippen LogP contribution < -0.4 is 25.2 Å². The average Bonchev–Trinajstić information content (AvgIpc) is 3.26. The molecule has 0 saturated carbocycles. The lowest BCUT2D eigenvalue weighted by molar-refractivity contribution is -0.125. The number of hydrogen-bond acceptors (Lipinski definition) is 5. The van der Waals surface area contributed by atoms with Crippen molar-refractivity contribution in [3.63, 3.8) is 0 Å². The van der Waals surface area contributed by atoms with E-state index in [-0.39, 0.29) is 24.8 Å². The molecular weight excluding hydrogens is 513 g/mol. The van der Waals surface area contributed by atoms with Crippen molar-refractivity contribution in [1.82, 2.24) is 5.43 Å². The summed E-state index contributed by atoms with van der Waals surface area (Å²) in [5, 5.41) is 0.975. The Kier molecular flexibility index (Phi) is 8.46. The number of anilines is 2. The Hall–Kier alpha value is -3.42. The van der Waals surface area contributed by atoms with Crippen LogP contribution in [0.4, 0.5) is 11.4 Å². The minimum Gasteiger partial charge on any atom is -0.490 e. The van der Waals surface area contributed by atoms with E-state index in [4.69, 9.17) is 32.7 Å². The van der Waals surface area contributed by atoms with Crippen molar-refractivity contribution < 1.29 is 19.1 Å². The highest BCUT2D eigenvalue weighted by molar-refractivity contribution is 6.32. The Balaban J connectivity index is 1.39. The molecule has 1 heterocycles. The van der Waals surface area contributed by atoms with Crippen molar-refractivity contribution in [2.45, 2.75) is 33.8 Å². The molecule has 194 valence electrons. The second-order valence-corrected chi connectivity index (χ2v) is 9.77. The maximum atomic E-state index is 12.9. The minimum absolute atomic E-state index is 0.0766. The molecule has 2 N–H and O–H groups in total. The summed E-state index contributed by atoms with van der Waals surface area (Å²) in [5.74, 6) is 0.00737. The zero-order valence-electron chi connectivity index (χ0n) is 20.9. The highest BCUT2D eigenvalue weighted by atomic mass is 35.5. The van der Waals surface area contributed by atoms with E-state index in [1.807, 2.05) is 51.1 Å². The predicted molar refractivity (Wildman–Crippen MR) is 147 cm³/mol. The predicted octanol–water partition coefficient (Wildman–Crippen LogP) is 6.08. The van der Waals surface area contributed by atoms with Crippen LogP contribution in [-0.2, 0) is 16.2 Å². The molecule has 1 saturated heterocycles. The molecule has 2 amide bonds. The van der Waals surface area contributed by atoms with E-state index in [1.165, 1.54) is 0 Å². The fraction of sp³-hybridized carbons (Fsp3) is 0.286. The van der Waals surface area contributed by atoms with E-state index in [0.717, 1.165) is 22.4 Å². The maximum absolute atomic E-state index is 12.9. The summed E-state index contributed by atoms with van der Waals surface area (Å²) in [6.07, 6.45) is 0.142. The van der Waals surface area contributed by atoms with E-state index in [1.54, 1.807) is 29.2 Å². The number of rotatable bonds is 9. The number of carbonyl (C=O) groups excluding carboxylic acids is 2. The van der Waals surface area contributed by atoms with E-state index >= 15 is 0 Å². The van der Waals surface area contributed by atoms with Gasteiger partial charge < -0.3 is 14.4 Å². The first-order valence-corrected chi connectivity index (χ1v) is 12.8. The van der Waals surface area contributed by atoms with Gasteiger partial charge in [-0.2, -0.15) is 0 Å². The maximum Gasteiger partial charge on any atom is 0.243 e. The summed E-state index contributed by atoms with van der Waals surface area (Å²) in [6.45, 7) is 6.89. The molecule has 3 aromatic rings. The van der Waals surface area contributed by atoms with Crippen LogP contribution in [0.3, 0.4) is 0 Å². The average molecular weight is 542 g/mol. The van der Waals surface area contributed by atoms with Gasteiger partial charge in [-0.05, 0) is 67.8 Å². The molecule has 9 heteroatoms. The van der Waals surface area contributed by atoms with Gasteiger partial charge in [0.15, 0.2) is 11.5 Å². The Bertz CT molecular complexity index is 1300. The summed E-state index contributed by atoms with van der Waals surface area (Å²) in [5.41, 5.74) is 10.1. The lowest BCUT2D eigenvalue weighted by Gasteiger charge is -2.19. The summed E-state index contributed by atoms with van der Waals surface area (Å²) in [6, 6.07) is 16.5. The number of amides is 2. The zero-order valence-corrected chi connectivity index (χ0v) is 22.4. The molecule has 0 spiro atoms. The second-order valence-electron chi connectivity index (χ2n) is 8.92. The normalized spacial score (nSPS) is 15.0. The SMILES string of the molecule is CCOc1cc(NNC(=O)[C@H]2CC(=O)N(c3ccc(C)c(C)c3)C2)cc(Cl)c1OCc1ccc(Cl)cc1. The van der Waals surface area contributed by atoms with Crippen molar-refractivity contribution in [3.8, 4) is 11.5 Å². The van der Waals surface area contributed by atoms with E-state index in [2.05, 4.69) is 10.9 Å². The van der Waals surface area contributed by atoms with Crippen molar-refractivity contribution >= 4 is 46.4 Å². The first-order chi connectivity index (χ1) is 17.7. The third kappa shape index (κ3) is 6.48. The molecule has 1 atom stereocenters. The second kappa shape index (κ2) is 11.8. The van der Waals surface area contributed by atoms with Crippen molar-refractivity contribution in [3.05, 3.63) is 81.3 Å². The Morgan fingerprint density at radius 1 is 1.03 bits per heavy atom.